The van der Waals surface area contributed by atoms with Gasteiger partial charge in [-0.2, -0.15) is 0 Å². The molecule has 0 saturated carbocycles. The van der Waals surface area contributed by atoms with E-state index >= 15 is 0 Å². The number of anilines is 1. The highest BCUT2D eigenvalue weighted by atomic mass is 15.3. The van der Waals surface area contributed by atoms with Crippen LogP contribution in [0.1, 0.15) is 20.3 Å². The van der Waals surface area contributed by atoms with Crippen LogP contribution in [0.4, 0.5) is 5.69 Å². The fourth-order valence-electron chi connectivity index (χ4n) is 1.63. The number of rotatable bonds is 6. The normalized spacial score (nSPS) is 13.4. The van der Waals surface area contributed by atoms with Crippen LogP contribution in [0.3, 0.4) is 0 Å². The third-order valence-electron chi connectivity index (χ3n) is 3.24. The molecule has 19 heavy (non-hydrogen) atoms. The summed E-state index contributed by atoms with van der Waals surface area (Å²) in [6, 6.07) is 10.4. The van der Waals surface area contributed by atoms with Crippen molar-refractivity contribution in [2.75, 3.05) is 25.5 Å². The summed E-state index contributed by atoms with van der Waals surface area (Å²) >= 11 is 0. The van der Waals surface area contributed by atoms with Crippen molar-refractivity contribution >= 4 is 11.6 Å². The Kier molecular flexibility index (Phi) is 6.92. The van der Waals surface area contributed by atoms with E-state index in [0.717, 1.165) is 18.7 Å². The minimum atomic E-state index is 0.576. The molecule has 0 amide bonds. The fourth-order valence-corrected chi connectivity index (χ4v) is 1.63. The van der Waals surface area contributed by atoms with E-state index in [1.165, 1.54) is 0 Å². The highest BCUT2D eigenvalue weighted by Crippen LogP contribution is 2.04. The third kappa shape index (κ3) is 5.72. The zero-order chi connectivity index (χ0) is 14.1. The molecule has 0 spiro atoms. The van der Waals surface area contributed by atoms with Crippen molar-refractivity contribution in [1.29, 1.82) is 0 Å². The number of nitrogens with one attached hydrogen (secondary N) is 2. The monoisotopic (exact) mass is 263 g/mol. The van der Waals surface area contributed by atoms with E-state index in [1.54, 1.807) is 0 Å². The number of likely N-dealkylation sites (N-methyl/N-ethyl adjacent to an activating group) is 1. The van der Waals surface area contributed by atoms with E-state index < -0.39 is 0 Å². The van der Waals surface area contributed by atoms with Gasteiger partial charge in [0, 0.05) is 18.3 Å². The maximum Gasteiger partial charge on any atom is 0.210 e. The maximum atomic E-state index is 5.47. The van der Waals surface area contributed by atoms with E-state index in [-0.39, 0.29) is 0 Å². The average molecular weight is 263 g/mol. The van der Waals surface area contributed by atoms with Crippen molar-refractivity contribution in [1.82, 2.24) is 10.3 Å². The van der Waals surface area contributed by atoms with E-state index in [2.05, 4.69) is 41.5 Å². The molecular weight excluding hydrogens is 238 g/mol. The van der Waals surface area contributed by atoms with Gasteiger partial charge in [0.25, 0.3) is 0 Å². The van der Waals surface area contributed by atoms with Crippen LogP contribution in [-0.2, 0) is 0 Å². The van der Waals surface area contributed by atoms with Crippen LogP contribution in [0.5, 0.6) is 0 Å². The average Bonchev–Trinajstić information content (AvgIpc) is 2.46. The minimum Gasteiger partial charge on any atom is -0.325 e. The van der Waals surface area contributed by atoms with Crippen molar-refractivity contribution in [3.05, 3.63) is 30.3 Å². The first-order valence-corrected chi connectivity index (χ1v) is 6.70. The summed E-state index contributed by atoms with van der Waals surface area (Å²) in [4.78, 5) is 6.71. The number of benzene rings is 1. The highest BCUT2D eigenvalue weighted by molar-refractivity contribution is 5.93. The van der Waals surface area contributed by atoms with Crippen LogP contribution in [-0.4, -0.2) is 37.0 Å². The number of guanidine groups is 1. The van der Waals surface area contributed by atoms with Crippen molar-refractivity contribution in [3.8, 4) is 0 Å². The Morgan fingerprint density at radius 3 is 2.63 bits per heavy atom. The molecular formula is C14H25N5. The van der Waals surface area contributed by atoms with Gasteiger partial charge in [0.15, 0.2) is 0 Å². The molecule has 5 nitrogen and oxygen atoms in total. The Balaban J connectivity index is 2.44. The lowest BCUT2D eigenvalue weighted by Gasteiger charge is -2.22. The molecule has 0 fully saturated rings. The summed E-state index contributed by atoms with van der Waals surface area (Å²) in [6.07, 6.45) is 1.14. The maximum absolute atomic E-state index is 5.47. The second-order valence-electron chi connectivity index (χ2n) is 4.60. The Bertz CT molecular complexity index is 377. The molecule has 1 aromatic carbocycles. The molecule has 0 radical (unpaired) electrons. The van der Waals surface area contributed by atoms with Crippen LogP contribution in [0.2, 0.25) is 0 Å². The standard InChI is InChI=1S/C14H25N5/c1-4-12(2)19(3)11-10-16-14(18-15)17-13-8-6-5-7-9-13/h5-9,12H,4,10-11,15H2,1-3H3,(H2,16,17,18). The molecule has 5 heteroatoms. The van der Waals surface area contributed by atoms with Gasteiger partial charge in [-0.3, -0.25) is 10.4 Å². The molecule has 106 valence electrons. The molecule has 1 unspecified atom stereocenters. The lowest BCUT2D eigenvalue weighted by molar-refractivity contribution is 0.259. The van der Waals surface area contributed by atoms with E-state index in [0.29, 0.717) is 18.5 Å². The summed E-state index contributed by atoms with van der Waals surface area (Å²) in [5, 5.41) is 3.14. The predicted octanol–water partition coefficient (Wildman–Crippen LogP) is 1.65. The topological polar surface area (TPSA) is 65.7 Å². The summed E-state index contributed by atoms with van der Waals surface area (Å²) in [6.45, 7) is 6.03. The Morgan fingerprint density at radius 2 is 2.05 bits per heavy atom. The number of aliphatic imine (C=N–C) groups is 1. The smallest absolute Gasteiger partial charge is 0.210 e. The Morgan fingerprint density at radius 1 is 1.37 bits per heavy atom. The summed E-state index contributed by atoms with van der Waals surface area (Å²) in [5.41, 5.74) is 3.55. The first kappa shape index (κ1) is 15.5. The van der Waals surface area contributed by atoms with Gasteiger partial charge in [0.05, 0.1) is 6.54 Å². The van der Waals surface area contributed by atoms with Gasteiger partial charge in [-0.1, -0.05) is 25.1 Å². The number of nitrogens with two attached hydrogens (primary N) is 1. The zero-order valence-corrected chi connectivity index (χ0v) is 12.1. The molecule has 0 aliphatic rings. The van der Waals surface area contributed by atoms with Gasteiger partial charge in [-0.15, -0.1) is 0 Å². The van der Waals surface area contributed by atoms with Gasteiger partial charge in [-0.25, -0.2) is 5.84 Å². The van der Waals surface area contributed by atoms with E-state index in [4.69, 9.17) is 5.84 Å². The molecule has 0 bridgehead atoms. The van der Waals surface area contributed by atoms with E-state index in [1.807, 2.05) is 30.3 Å². The second-order valence-corrected chi connectivity index (χ2v) is 4.60. The van der Waals surface area contributed by atoms with Gasteiger partial charge in [0.2, 0.25) is 5.96 Å². The van der Waals surface area contributed by atoms with Crippen LogP contribution in [0.15, 0.2) is 35.3 Å². The predicted molar refractivity (Wildman–Crippen MR) is 82.1 cm³/mol. The lowest BCUT2D eigenvalue weighted by atomic mass is 10.2. The number of nitrogens with zero attached hydrogens (tertiary/aromatic N) is 2. The van der Waals surface area contributed by atoms with Crippen LogP contribution >= 0.6 is 0 Å². The minimum absolute atomic E-state index is 0.576. The van der Waals surface area contributed by atoms with Crippen molar-refractivity contribution in [2.24, 2.45) is 10.8 Å². The van der Waals surface area contributed by atoms with Crippen LogP contribution in [0, 0.1) is 0 Å². The molecule has 1 rings (SSSR count). The van der Waals surface area contributed by atoms with Gasteiger partial charge in [0.1, 0.15) is 0 Å². The quantitative estimate of drug-likeness (QED) is 0.316. The molecule has 0 aliphatic heterocycles. The summed E-state index contributed by atoms with van der Waals surface area (Å²) < 4.78 is 0. The third-order valence-corrected chi connectivity index (χ3v) is 3.24. The van der Waals surface area contributed by atoms with Crippen LogP contribution in [0.25, 0.3) is 0 Å². The van der Waals surface area contributed by atoms with Gasteiger partial charge in [-0.05, 0) is 32.5 Å². The second kappa shape index (κ2) is 8.50. The number of hydrazine groups is 1. The van der Waals surface area contributed by atoms with Crippen LogP contribution < -0.4 is 16.6 Å². The zero-order valence-electron chi connectivity index (χ0n) is 12.1. The fraction of sp³-hybridized carbons (Fsp3) is 0.500. The largest absolute Gasteiger partial charge is 0.325 e. The SMILES string of the molecule is CCC(C)N(C)CCN=C(NN)Nc1ccccc1. The van der Waals surface area contributed by atoms with Crippen molar-refractivity contribution in [2.45, 2.75) is 26.3 Å². The summed E-state index contributed by atoms with van der Waals surface area (Å²) in [5.74, 6) is 6.05. The Hall–Kier alpha value is -1.59. The molecule has 1 atom stereocenters. The van der Waals surface area contributed by atoms with Crippen molar-refractivity contribution < 1.29 is 0 Å². The highest BCUT2D eigenvalue weighted by Gasteiger charge is 2.05. The first-order valence-electron chi connectivity index (χ1n) is 6.70. The first-order chi connectivity index (χ1) is 9.17. The van der Waals surface area contributed by atoms with Crippen molar-refractivity contribution in [3.63, 3.8) is 0 Å². The van der Waals surface area contributed by atoms with E-state index in [9.17, 15) is 0 Å². The van der Waals surface area contributed by atoms with Gasteiger partial charge >= 0.3 is 0 Å². The molecule has 0 aromatic heterocycles. The van der Waals surface area contributed by atoms with Gasteiger partial charge < -0.3 is 10.2 Å². The molecule has 0 aliphatic carbocycles. The lowest BCUT2D eigenvalue weighted by Crippen LogP contribution is -2.37. The molecule has 1 aromatic rings. The number of hydrogen-bond acceptors (Lipinski definition) is 3. The number of hydrogen-bond donors (Lipinski definition) is 3. The Labute approximate surface area is 115 Å². The molecule has 0 heterocycles. The number of para-hydroxylation sites is 1. The summed E-state index contributed by atoms with van der Waals surface area (Å²) in [7, 11) is 2.11. The molecule has 4 N–H and O–H groups in total. The molecule has 0 saturated heterocycles.